The number of nitrogens with one attached hydrogen (secondary N) is 1. The summed E-state index contributed by atoms with van der Waals surface area (Å²) in [6.45, 7) is 4.29. The van der Waals surface area contributed by atoms with Gasteiger partial charge in [-0.25, -0.2) is 4.79 Å². The number of anilines is 1. The molecule has 0 aliphatic rings. The first kappa shape index (κ1) is 28.8. The van der Waals surface area contributed by atoms with Gasteiger partial charge in [-0.1, -0.05) is 36.4 Å². The van der Waals surface area contributed by atoms with E-state index in [-0.39, 0.29) is 49.8 Å². The van der Waals surface area contributed by atoms with Gasteiger partial charge >= 0.3 is 5.97 Å². The summed E-state index contributed by atoms with van der Waals surface area (Å²) in [5, 5.41) is 4.96. The van der Waals surface area contributed by atoms with Crippen molar-refractivity contribution in [3.8, 4) is 0 Å². The molecule has 1 unspecified atom stereocenters. The highest BCUT2D eigenvalue weighted by Gasteiger charge is 2.19. The van der Waals surface area contributed by atoms with Crippen LogP contribution >= 0.6 is 24.8 Å². The van der Waals surface area contributed by atoms with Gasteiger partial charge in [0.15, 0.2) is 0 Å². The van der Waals surface area contributed by atoms with E-state index in [0.717, 1.165) is 33.0 Å². The zero-order chi connectivity index (χ0) is 24.1. The van der Waals surface area contributed by atoms with Gasteiger partial charge in [-0.3, -0.25) is 9.78 Å². The van der Waals surface area contributed by atoms with Crippen LogP contribution in [0.1, 0.15) is 38.5 Å². The first-order valence-corrected chi connectivity index (χ1v) is 11.1. The Morgan fingerprint density at radius 2 is 1.67 bits per heavy atom. The Labute approximate surface area is 223 Å². The van der Waals surface area contributed by atoms with E-state index in [1.165, 1.54) is 0 Å². The lowest BCUT2D eigenvalue weighted by Crippen LogP contribution is -2.27. The number of esters is 1. The van der Waals surface area contributed by atoms with E-state index in [0.29, 0.717) is 11.3 Å². The van der Waals surface area contributed by atoms with Crippen LogP contribution in [-0.4, -0.2) is 23.4 Å². The number of rotatable bonds is 7. The second-order valence-electron chi connectivity index (χ2n) is 8.33. The Morgan fingerprint density at radius 3 is 2.36 bits per heavy atom. The molecule has 1 aromatic heterocycles. The smallest absolute Gasteiger partial charge is 0.338 e. The average molecular weight is 526 g/mol. The Bertz CT molecular complexity index is 1340. The molecule has 1 amide bonds. The number of hydrogen-bond acceptors (Lipinski definition) is 5. The van der Waals surface area contributed by atoms with Gasteiger partial charge in [0.2, 0.25) is 5.91 Å². The van der Waals surface area contributed by atoms with Crippen LogP contribution in [0.25, 0.3) is 10.8 Å². The number of ether oxygens (including phenoxy) is 1. The Kier molecular flexibility index (Phi) is 10.4. The number of carbonyl (C=O) groups is 2. The summed E-state index contributed by atoms with van der Waals surface area (Å²) in [4.78, 5) is 29.4. The van der Waals surface area contributed by atoms with E-state index in [2.05, 4.69) is 10.3 Å². The van der Waals surface area contributed by atoms with Crippen molar-refractivity contribution in [1.29, 1.82) is 0 Å². The fraction of sp³-hybridized carbons (Fsp3) is 0.179. The molecular formula is C28H29Cl2N3O3. The summed E-state index contributed by atoms with van der Waals surface area (Å²) in [6, 6.07) is 20.5. The molecule has 0 bridgehead atoms. The van der Waals surface area contributed by atoms with Crippen LogP contribution in [0.3, 0.4) is 0 Å². The highest BCUT2D eigenvalue weighted by atomic mass is 35.5. The molecule has 0 aliphatic heterocycles. The molecule has 3 aromatic carbocycles. The second kappa shape index (κ2) is 13.0. The van der Waals surface area contributed by atoms with Crippen molar-refractivity contribution < 1.29 is 14.3 Å². The van der Waals surface area contributed by atoms with E-state index in [1.54, 1.807) is 18.5 Å². The van der Waals surface area contributed by atoms with Crippen molar-refractivity contribution in [1.82, 2.24) is 4.98 Å². The summed E-state index contributed by atoms with van der Waals surface area (Å²) in [7, 11) is 0. The number of pyridine rings is 1. The fourth-order valence-corrected chi connectivity index (χ4v) is 3.73. The largest absolute Gasteiger partial charge is 0.457 e. The lowest BCUT2D eigenvalue weighted by molar-refractivity contribution is -0.117. The van der Waals surface area contributed by atoms with Crippen LogP contribution in [-0.2, 0) is 16.1 Å². The standard InChI is InChI=1S/C28H27N3O3.2ClH/c1-18-3-6-23(13-19(18)2)28(33)34-17-20-4-7-21(8-5-20)26(15-29)27(32)31-25-10-9-24-16-30-12-11-22(24)14-25;;/h3-14,16,26H,15,17,29H2,1-2H3,(H,31,32);2*1H. The predicted octanol–water partition coefficient (Wildman–Crippen LogP) is 5.73. The number of nitrogens with zero attached hydrogens (tertiary/aromatic N) is 1. The molecule has 0 saturated heterocycles. The van der Waals surface area contributed by atoms with Gasteiger partial charge < -0.3 is 15.8 Å². The molecule has 0 aliphatic carbocycles. The van der Waals surface area contributed by atoms with Crippen molar-refractivity contribution in [2.24, 2.45) is 5.73 Å². The molecule has 188 valence electrons. The Hall–Kier alpha value is -3.45. The zero-order valence-electron chi connectivity index (χ0n) is 20.1. The Balaban J connectivity index is 0.00000228. The number of benzene rings is 3. The lowest BCUT2D eigenvalue weighted by atomic mass is 9.97. The molecule has 8 heteroatoms. The molecule has 4 aromatic rings. The van der Waals surface area contributed by atoms with Gasteiger partial charge in [0.1, 0.15) is 6.61 Å². The third-order valence-electron chi connectivity index (χ3n) is 5.95. The van der Waals surface area contributed by atoms with Crippen molar-refractivity contribution in [2.45, 2.75) is 26.4 Å². The quantitative estimate of drug-likeness (QED) is 0.300. The number of hydrogen-bond donors (Lipinski definition) is 2. The van der Waals surface area contributed by atoms with E-state index in [1.807, 2.05) is 74.5 Å². The molecule has 36 heavy (non-hydrogen) atoms. The van der Waals surface area contributed by atoms with Crippen LogP contribution in [0.15, 0.2) is 79.1 Å². The van der Waals surface area contributed by atoms with Gasteiger partial charge in [-0.05, 0) is 71.8 Å². The minimum atomic E-state index is -0.500. The second-order valence-corrected chi connectivity index (χ2v) is 8.33. The van der Waals surface area contributed by atoms with E-state index in [9.17, 15) is 9.59 Å². The van der Waals surface area contributed by atoms with Crippen molar-refractivity contribution in [3.05, 3.63) is 107 Å². The molecule has 1 heterocycles. The van der Waals surface area contributed by atoms with Gasteiger partial charge in [-0.2, -0.15) is 0 Å². The molecular weight excluding hydrogens is 497 g/mol. The monoisotopic (exact) mass is 525 g/mol. The van der Waals surface area contributed by atoms with Gasteiger partial charge in [0.05, 0.1) is 11.5 Å². The van der Waals surface area contributed by atoms with Crippen LogP contribution in [0.4, 0.5) is 5.69 Å². The highest BCUT2D eigenvalue weighted by molar-refractivity contribution is 5.98. The summed E-state index contributed by atoms with van der Waals surface area (Å²) in [6.07, 6.45) is 3.50. The van der Waals surface area contributed by atoms with E-state index < -0.39 is 5.92 Å². The zero-order valence-corrected chi connectivity index (χ0v) is 21.7. The molecule has 0 saturated carbocycles. The minimum absolute atomic E-state index is 0. The number of nitrogens with two attached hydrogens (primary N) is 1. The maximum atomic E-state index is 12.9. The maximum Gasteiger partial charge on any atom is 0.338 e. The number of aromatic nitrogens is 1. The summed E-state index contributed by atoms with van der Waals surface area (Å²) >= 11 is 0. The normalized spacial score (nSPS) is 11.1. The third-order valence-corrected chi connectivity index (χ3v) is 5.95. The molecule has 6 nitrogen and oxygen atoms in total. The van der Waals surface area contributed by atoms with Crippen LogP contribution in [0.2, 0.25) is 0 Å². The summed E-state index contributed by atoms with van der Waals surface area (Å²) in [5.41, 5.74) is 11.0. The maximum absolute atomic E-state index is 12.9. The van der Waals surface area contributed by atoms with Crippen molar-refractivity contribution >= 4 is 53.2 Å². The van der Waals surface area contributed by atoms with E-state index >= 15 is 0 Å². The van der Waals surface area contributed by atoms with Crippen molar-refractivity contribution in [3.63, 3.8) is 0 Å². The average Bonchev–Trinajstić information content (AvgIpc) is 2.85. The first-order chi connectivity index (χ1) is 16.4. The number of amides is 1. The molecule has 4 rings (SSSR count). The Morgan fingerprint density at radius 1 is 0.917 bits per heavy atom. The number of fused-ring (bicyclic) bond motifs is 1. The minimum Gasteiger partial charge on any atom is -0.457 e. The van der Waals surface area contributed by atoms with Gasteiger partial charge in [0, 0.05) is 30.0 Å². The molecule has 0 radical (unpaired) electrons. The number of halogens is 2. The lowest BCUT2D eigenvalue weighted by Gasteiger charge is -2.16. The topological polar surface area (TPSA) is 94.3 Å². The van der Waals surface area contributed by atoms with Gasteiger partial charge in [0.25, 0.3) is 0 Å². The summed E-state index contributed by atoms with van der Waals surface area (Å²) in [5.74, 6) is -1.04. The summed E-state index contributed by atoms with van der Waals surface area (Å²) < 4.78 is 5.45. The molecule has 3 N–H and O–H groups in total. The number of carbonyl (C=O) groups excluding carboxylic acids is 2. The molecule has 0 spiro atoms. The van der Waals surface area contributed by atoms with Crippen molar-refractivity contribution in [2.75, 3.05) is 11.9 Å². The van der Waals surface area contributed by atoms with E-state index in [4.69, 9.17) is 10.5 Å². The third kappa shape index (κ3) is 6.82. The molecule has 1 atom stereocenters. The van der Waals surface area contributed by atoms with Crippen LogP contribution in [0.5, 0.6) is 0 Å². The first-order valence-electron chi connectivity index (χ1n) is 11.1. The SMILES string of the molecule is Cc1ccc(C(=O)OCc2ccc(C(CN)C(=O)Nc3ccc4cnccc4c3)cc2)cc1C.Cl.Cl. The van der Waals surface area contributed by atoms with Crippen LogP contribution in [0, 0.1) is 13.8 Å². The van der Waals surface area contributed by atoms with Gasteiger partial charge in [-0.15, -0.1) is 24.8 Å². The van der Waals surface area contributed by atoms with Crippen LogP contribution < -0.4 is 11.1 Å². The fourth-order valence-electron chi connectivity index (χ4n) is 3.73. The molecule has 0 fully saturated rings. The highest BCUT2D eigenvalue weighted by Crippen LogP contribution is 2.22. The number of aryl methyl sites for hydroxylation is 2. The predicted molar refractivity (Wildman–Crippen MR) is 148 cm³/mol.